The van der Waals surface area contributed by atoms with Crippen molar-refractivity contribution in [2.75, 3.05) is 6.61 Å². The predicted octanol–water partition coefficient (Wildman–Crippen LogP) is 3.28. The Kier molecular flexibility index (Phi) is 2.85. The normalized spacial score (nSPS) is 20.5. The maximum atomic E-state index is 11.7. The topological polar surface area (TPSA) is 46.5 Å². The van der Waals surface area contributed by atoms with Crippen LogP contribution in [0.15, 0.2) is 16.6 Å². The molecular formula is C14H15BrO3. The molecule has 1 N–H and O–H groups in total. The van der Waals surface area contributed by atoms with Gasteiger partial charge < -0.3 is 9.84 Å². The molecule has 4 heteroatoms. The van der Waals surface area contributed by atoms with Gasteiger partial charge in [0.1, 0.15) is 5.75 Å². The molecule has 1 aliphatic carbocycles. The summed E-state index contributed by atoms with van der Waals surface area (Å²) in [6.07, 6.45) is 4.36. The van der Waals surface area contributed by atoms with Crippen molar-refractivity contribution in [3.63, 3.8) is 0 Å². The SMILES string of the molecule is O=C(O)C1(c2cc(Br)c3c(c2)CCO3)CCCC1. The van der Waals surface area contributed by atoms with Gasteiger partial charge in [0, 0.05) is 6.42 Å². The van der Waals surface area contributed by atoms with E-state index in [2.05, 4.69) is 15.9 Å². The molecule has 18 heavy (non-hydrogen) atoms. The highest BCUT2D eigenvalue weighted by Gasteiger charge is 2.43. The van der Waals surface area contributed by atoms with Crippen LogP contribution in [0, 0.1) is 0 Å². The molecule has 1 aliphatic heterocycles. The van der Waals surface area contributed by atoms with Crippen molar-refractivity contribution in [2.45, 2.75) is 37.5 Å². The molecule has 0 saturated heterocycles. The fraction of sp³-hybridized carbons (Fsp3) is 0.500. The number of halogens is 1. The van der Waals surface area contributed by atoms with Gasteiger partial charge in [0.25, 0.3) is 0 Å². The Morgan fingerprint density at radius 1 is 1.33 bits per heavy atom. The van der Waals surface area contributed by atoms with Gasteiger partial charge in [-0.25, -0.2) is 0 Å². The molecule has 1 heterocycles. The van der Waals surface area contributed by atoms with E-state index < -0.39 is 11.4 Å². The van der Waals surface area contributed by atoms with Gasteiger partial charge in [-0.1, -0.05) is 18.9 Å². The minimum atomic E-state index is -0.689. The van der Waals surface area contributed by atoms with Crippen LogP contribution in [-0.4, -0.2) is 17.7 Å². The van der Waals surface area contributed by atoms with E-state index in [4.69, 9.17) is 4.74 Å². The quantitative estimate of drug-likeness (QED) is 0.912. The van der Waals surface area contributed by atoms with Gasteiger partial charge in [0.2, 0.25) is 0 Å². The third-order valence-corrected chi connectivity index (χ3v) is 4.75. The van der Waals surface area contributed by atoms with Gasteiger partial charge in [0.05, 0.1) is 16.5 Å². The van der Waals surface area contributed by atoms with E-state index in [1.54, 1.807) is 0 Å². The van der Waals surface area contributed by atoms with E-state index in [1.807, 2.05) is 12.1 Å². The molecule has 2 aliphatic rings. The Bertz CT molecular complexity index is 504. The number of hydrogen-bond donors (Lipinski definition) is 1. The molecule has 0 radical (unpaired) electrons. The van der Waals surface area contributed by atoms with Crippen LogP contribution in [0.1, 0.15) is 36.8 Å². The summed E-state index contributed by atoms with van der Waals surface area (Å²) in [5, 5.41) is 9.61. The summed E-state index contributed by atoms with van der Waals surface area (Å²) in [5.41, 5.74) is 1.38. The molecule has 0 spiro atoms. The zero-order valence-corrected chi connectivity index (χ0v) is 11.6. The van der Waals surface area contributed by atoms with Crippen LogP contribution in [0.2, 0.25) is 0 Å². The Balaban J connectivity index is 2.11. The number of rotatable bonds is 2. The first kappa shape index (κ1) is 12.0. The molecule has 1 aromatic rings. The summed E-state index contributed by atoms with van der Waals surface area (Å²) in [6.45, 7) is 0.692. The van der Waals surface area contributed by atoms with Gasteiger partial charge in [-0.2, -0.15) is 0 Å². The van der Waals surface area contributed by atoms with Gasteiger partial charge >= 0.3 is 5.97 Å². The van der Waals surface area contributed by atoms with Crippen LogP contribution in [0.5, 0.6) is 5.75 Å². The molecule has 96 valence electrons. The van der Waals surface area contributed by atoms with E-state index in [-0.39, 0.29) is 0 Å². The number of carboxylic acid groups (broad SMARTS) is 1. The summed E-state index contributed by atoms with van der Waals surface area (Å²) in [5.74, 6) is 0.197. The Labute approximate surface area is 114 Å². The number of hydrogen-bond acceptors (Lipinski definition) is 2. The second kappa shape index (κ2) is 4.26. The van der Waals surface area contributed by atoms with Crippen LogP contribution >= 0.6 is 15.9 Å². The van der Waals surface area contributed by atoms with Crippen molar-refractivity contribution in [1.29, 1.82) is 0 Å². The third kappa shape index (κ3) is 1.66. The summed E-state index contributed by atoms with van der Waals surface area (Å²) >= 11 is 3.50. The van der Waals surface area contributed by atoms with E-state index in [0.717, 1.165) is 53.5 Å². The monoisotopic (exact) mass is 310 g/mol. The number of carboxylic acids is 1. The summed E-state index contributed by atoms with van der Waals surface area (Å²) in [4.78, 5) is 11.7. The number of carbonyl (C=O) groups is 1. The van der Waals surface area contributed by atoms with E-state index >= 15 is 0 Å². The van der Waals surface area contributed by atoms with Gasteiger partial charge in [-0.15, -0.1) is 0 Å². The number of aliphatic carboxylic acids is 1. The number of benzene rings is 1. The van der Waals surface area contributed by atoms with Crippen molar-refractivity contribution in [1.82, 2.24) is 0 Å². The van der Waals surface area contributed by atoms with E-state index in [1.165, 1.54) is 0 Å². The Morgan fingerprint density at radius 2 is 2.06 bits per heavy atom. The molecule has 0 aromatic heterocycles. The maximum absolute atomic E-state index is 11.7. The highest BCUT2D eigenvalue weighted by atomic mass is 79.9. The first-order valence-corrected chi connectivity index (χ1v) is 7.12. The predicted molar refractivity (Wildman–Crippen MR) is 71.1 cm³/mol. The first-order chi connectivity index (χ1) is 8.63. The third-order valence-electron chi connectivity index (χ3n) is 4.16. The zero-order chi connectivity index (χ0) is 12.8. The lowest BCUT2D eigenvalue weighted by atomic mass is 9.78. The molecule has 1 fully saturated rings. The highest BCUT2D eigenvalue weighted by Crippen LogP contribution is 2.45. The Hall–Kier alpha value is -1.03. The minimum absolute atomic E-state index is 0.680. The van der Waals surface area contributed by atoms with E-state index in [0.29, 0.717) is 6.61 Å². The van der Waals surface area contributed by atoms with Crippen LogP contribution in [0.3, 0.4) is 0 Å². The summed E-state index contributed by atoms with van der Waals surface area (Å²) in [7, 11) is 0. The largest absolute Gasteiger partial charge is 0.492 e. The lowest BCUT2D eigenvalue weighted by molar-refractivity contribution is -0.143. The molecule has 0 bridgehead atoms. The second-order valence-electron chi connectivity index (χ2n) is 5.14. The molecule has 0 amide bonds. The summed E-state index contributed by atoms with van der Waals surface area (Å²) < 4.78 is 6.43. The lowest BCUT2D eigenvalue weighted by Crippen LogP contribution is -2.32. The van der Waals surface area contributed by atoms with Gasteiger partial charge in [-0.05, 0) is 46.0 Å². The van der Waals surface area contributed by atoms with E-state index in [9.17, 15) is 9.90 Å². The molecule has 3 nitrogen and oxygen atoms in total. The van der Waals surface area contributed by atoms with Crippen molar-refractivity contribution in [3.05, 3.63) is 27.7 Å². The molecule has 3 rings (SSSR count). The molecule has 0 atom stereocenters. The fourth-order valence-corrected chi connectivity index (χ4v) is 3.76. The van der Waals surface area contributed by atoms with Crippen LogP contribution < -0.4 is 4.74 Å². The average Bonchev–Trinajstić information content (AvgIpc) is 2.98. The van der Waals surface area contributed by atoms with Gasteiger partial charge in [0.15, 0.2) is 0 Å². The fourth-order valence-electron chi connectivity index (χ4n) is 3.14. The summed E-state index contributed by atoms with van der Waals surface area (Å²) in [6, 6.07) is 3.97. The van der Waals surface area contributed by atoms with Crippen LogP contribution in [-0.2, 0) is 16.6 Å². The first-order valence-electron chi connectivity index (χ1n) is 6.32. The van der Waals surface area contributed by atoms with Crippen molar-refractivity contribution in [2.24, 2.45) is 0 Å². The van der Waals surface area contributed by atoms with Gasteiger partial charge in [-0.3, -0.25) is 4.79 Å². The van der Waals surface area contributed by atoms with Crippen LogP contribution in [0.25, 0.3) is 0 Å². The number of ether oxygens (including phenoxy) is 1. The molecule has 1 aromatic carbocycles. The van der Waals surface area contributed by atoms with Crippen LogP contribution in [0.4, 0.5) is 0 Å². The average molecular weight is 311 g/mol. The van der Waals surface area contributed by atoms with Crippen molar-refractivity contribution < 1.29 is 14.6 Å². The highest BCUT2D eigenvalue weighted by molar-refractivity contribution is 9.10. The standard InChI is InChI=1S/C14H15BrO3/c15-11-8-10(7-9-3-6-18-12(9)11)14(13(16)17)4-1-2-5-14/h7-8H,1-6H2,(H,16,17). The molecular weight excluding hydrogens is 296 g/mol. The Morgan fingerprint density at radius 3 is 2.72 bits per heavy atom. The number of fused-ring (bicyclic) bond motifs is 1. The zero-order valence-electron chi connectivity index (χ0n) is 10.0. The van der Waals surface area contributed by atoms with Crippen molar-refractivity contribution >= 4 is 21.9 Å². The van der Waals surface area contributed by atoms with Crippen molar-refractivity contribution in [3.8, 4) is 5.75 Å². The molecule has 1 saturated carbocycles. The molecule has 0 unspecified atom stereocenters. The smallest absolute Gasteiger partial charge is 0.314 e. The minimum Gasteiger partial charge on any atom is -0.492 e. The lowest BCUT2D eigenvalue weighted by Gasteiger charge is -2.25. The maximum Gasteiger partial charge on any atom is 0.314 e. The second-order valence-corrected chi connectivity index (χ2v) is 5.99.